The van der Waals surface area contributed by atoms with Crippen molar-refractivity contribution >= 4 is 18.0 Å². The molecule has 0 aliphatic rings. The Balaban J connectivity index is 3.11. The molecule has 0 fully saturated rings. The van der Waals surface area contributed by atoms with Gasteiger partial charge < -0.3 is 10.3 Å². The molecule has 1 aromatic carbocycles. The van der Waals surface area contributed by atoms with Crippen molar-refractivity contribution in [1.29, 1.82) is 0 Å². The molecular weight excluding hydrogens is 196 g/mol. The second-order valence-corrected chi connectivity index (χ2v) is 2.70. The van der Waals surface area contributed by atoms with E-state index >= 15 is 0 Å². The van der Waals surface area contributed by atoms with Crippen molar-refractivity contribution in [2.75, 3.05) is 0 Å². The molecule has 0 saturated carbocycles. The van der Waals surface area contributed by atoms with Crippen LogP contribution in [-0.2, 0) is 4.79 Å². The molecule has 0 aliphatic carbocycles. The van der Waals surface area contributed by atoms with E-state index in [-0.39, 0.29) is 11.3 Å². The SMILES string of the molecule is CC(=O)Oc1ccccc1C(=O)C=[N+]=[N-]. The first-order valence-corrected chi connectivity index (χ1v) is 4.14. The topological polar surface area (TPSA) is 79.8 Å². The Hall–Kier alpha value is -2.26. The highest BCUT2D eigenvalue weighted by Crippen LogP contribution is 2.17. The van der Waals surface area contributed by atoms with Crippen LogP contribution in [-0.4, -0.2) is 22.8 Å². The largest absolute Gasteiger partial charge is 0.426 e. The van der Waals surface area contributed by atoms with Gasteiger partial charge in [0, 0.05) is 6.92 Å². The van der Waals surface area contributed by atoms with Crippen LogP contribution in [0.1, 0.15) is 17.3 Å². The molecule has 15 heavy (non-hydrogen) atoms. The van der Waals surface area contributed by atoms with Crippen LogP contribution in [0.5, 0.6) is 5.75 Å². The van der Waals surface area contributed by atoms with Crippen molar-refractivity contribution in [2.24, 2.45) is 0 Å². The van der Waals surface area contributed by atoms with Gasteiger partial charge in [-0.05, 0) is 12.1 Å². The molecule has 0 amide bonds. The van der Waals surface area contributed by atoms with Gasteiger partial charge in [0.1, 0.15) is 5.75 Å². The molecule has 76 valence electrons. The summed E-state index contributed by atoms with van der Waals surface area (Å²) in [6.07, 6.45) is 0.738. The third-order valence-corrected chi connectivity index (χ3v) is 1.58. The summed E-state index contributed by atoms with van der Waals surface area (Å²) in [5, 5.41) is 0. The fraction of sp³-hybridized carbons (Fsp3) is 0.100. The molecule has 0 aromatic heterocycles. The zero-order valence-electron chi connectivity index (χ0n) is 8.01. The van der Waals surface area contributed by atoms with E-state index in [1.54, 1.807) is 12.1 Å². The fourth-order valence-electron chi connectivity index (χ4n) is 1.04. The number of rotatable bonds is 3. The zero-order valence-corrected chi connectivity index (χ0v) is 8.01. The molecule has 0 radical (unpaired) electrons. The second kappa shape index (κ2) is 4.83. The maximum Gasteiger partial charge on any atom is 0.328 e. The maximum absolute atomic E-state index is 11.3. The Morgan fingerprint density at radius 2 is 2.07 bits per heavy atom. The average Bonchev–Trinajstić information content (AvgIpc) is 2.18. The van der Waals surface area contributed by atoms with Crippen LogP contribution < -0.4 is 4.74 Å². The summed E-state index contributed by atoms with van der Waals surface area (Å²) in [6, 6.07) is 6.21. The van der Waals surface area contributed by atoms with E-state index in [2.05, 4.69) is 4.79 Å². The van der Waals surface area contributed by atoms with Crippen LogP contribution in [0.15, 0.2) is 24.3 Å². The molecule has 0 bridgehead atoms. The van der Waals surface area contributed by atoms with E-state index in [0.717, 1.165) is 6.21 Å². The van der Waals surface area contributed by atoms with E-state index in [0.29, 0.717) is 0 Å². The number of Topliss-reactive ketones (excluding diaryl/α,β-unsaturated/α-hetero) is 1. The van der Waals surface area contributed by atoms with Crippen LogP contribution in [0.3, 0.4) is 0 Å². The van der Waals surface area contributed by atoms with Gasteiger partial charge in [0.05, 0.1) is 5.56 Å². The first-order valence-electron chi connectivity index (χ1n) is 4.14. The molecule has 5 nitrogen and oxygen atoms in total. The Kier molecular flexibility index (Phi) is 3.49. The van der Waals surface area contributed by atoms with Crippen LogP contribution >= 0.6 is 0 Å². The number of ketones is 1. The predicted molar refractivity (Wildman–Crippen MR) is 51.8 cm³/mol. The second-order valence-electron chi connectivity index (χ2n) is 2.70. The quantitative estimate of drug-likeness (QED) is 0.184. The van der Waals surface area contributed by atoms with Crippen LogP contribution in [0, 0.1) is 0 Å². The normalized spacial score (nSPS) is 8.87. The summed E-state index contributed by atoms with van der Waals surface area (Å²) in [6.45, 7) is 1.24. The molecule has 5 heteroatoms. The van der Waals surface area contributed by atoms with Gasteiger partial charge in [-0.15, -0.1) is 0 Å². The number of hydrogen-bond acceptors (Lipinski definition) is 3. The lowest BCUT2D eigenvalue weighted by atomic mass is 10.1. The van der Waals surface area contributed by atoms with Crippen LogP contribution in [0.4, 0.5) is 0 Å². The molecule has 0 spiro atoms. The summed E-state index contributed by atoms with van der Waals surface area (Å²) in [4.78, 5) is 24.7. The maximum atomic E-state index is 11.3. The first-order chi connectivity index (χ1) is 7.15. The standard InChI is InChI=1S/C10H8N2O3/c1-7(13)15-10-5-3-2-4-8(10)9(14)6-12-11/h2-6H,1H3. The molecule has 1 aromatic rings. The third-order valence-electron chi connectivity index (χ3n) is 1.58. The van der Waals surface area contributed by atoms with Crippen molar-refractivity contribution in [1.82, 2.24) is 0 Å². The zero-order chi connectivity index (χ0) is 11.3. The molecule has 0 heterocycles. The van der Waals surface area contributed by atoms with Crippen molar-refractivity contribution < 1.29 is 19.1 Å². The third kappa shape index (κ3) is 2.86. The van der Waals surface area contributed by atoms with Gasteiger partial charge in [0.2, 0.25) is 0 Å². The van der Waals surface area contributed by atoms with Crippen molar-refractivity contribution in [3.63, 3.8) is 0 Å². The van der Waals surface area contributed by atoms with Crippen molar-refractivity contribution in [3.05, 3.63) is 35.4 Å². The summed E-state index contributed by atoms with van der Waals surface area (Å²) in [7, 11) is 0. The summed E-state index contributed by atoms with van der Waals surface area (Å²) < 4.78 is 4.81. The van der Waals surface area contributed by atoms with E-state index in [1.807, 2.05) is 0 Å². The lowest BCUT2D eigenvalue weighted by molar-refractivity contribution is -0.131. The van der Waals surface area contributed by atoms with E-state index in [9.17, 15) is 9.59 Å². The highest BCUT2D eigenvalue weighted by Gasteiger charge is 2.14. The lowest BCUT2D eigenvalue weighted by Crippen LogP contribution is -2.08. The number of esters is 1. The van der Waals surface area contributed by atoms with E-state index in [1.165, 1.54) is 19.1 Å². The molecule has 0 aliphatic heterocycles. The molecule has 0 atom stereocenters. The predicted octanol–water partition coefficient (Wildman–Crippen LogP) is 1.10. The van der Waals surface area contributed by atoms with Gasteiger partial charge >= 0.3 is 12.2 Å². The van der Waals surface area contributed by atoms with Gasteiger partial charge in [0.15, 0.2) is 0 Å². The number of hydrogen-bond donors (Lipinski definition) is 0. The van der Waals surface area contributed by atoms with Gasteiger partial charge in [-0.25, -0.2) is 0 Å². The minimum Gasteiger partial charge on any atom is -0.426 e. The average molecular weight is 204 g/mol. The van der Waals surface area contributed by atoms with Gasteiger partial charge in [-0.2, -0.15) is 4.79 Å². The van der Waals surface area contributed by atoms with Crippen LogP contribution in [0.25, 0.3) is 5.53 Å². The number of nitrogens with zero attached hydrogens (tertiary/aromatic N) is 2. The minimum absolute atomic E-state index is 0.148. The Morgan fingerprint density at radius 3 is 2.67 bits per heavy atom. The number of carbonyl (C=O) groups excluding carboxylic acids is 2. The Bertz CT molecular complexity index is 448. The molecular formula is C10H8N2O3. The van der Waals surface area contributed by atoms with Gasteiger partial charge in [0.25, 0.3) is 5.78 Å². The number of carbonyl (C=O) groups is 2. The van der Waals surface area contributed by atoms with Gasteiger partial charge in [-0.3, -0.25) is 9.59 Å². The van der Waals surface area contributed by atoms with E-state index < -0.39 is 11.8 Å². The highest BCUT2D eigenvalue weighted by atomic mass is 16.5. The fourth-order valence-corrected chi connectivity index (χ4v) is 1.04. The van der Waals surface area contributed by atoms with Crippen LogP contribution in [0.2, 0.25) is 0 Å². The number of para-hydroxylation sites is 1. The highest BCUT2D eigenvalue weighted by molar-refractivity contribution is 6.34. The molecule has 0 N–H and O–H groups in total. The van der Waals surface area contributed by atoms with Gasteiger partial charge in [-0.1, -0.05) is 12.1 Å². The summed E-state index contributed by atoms with van der Waals surface area (Å²) >= 11 is 0. The van der Waals surface area contributed by atoms with Crippen molar-refractivity contribution in [2.45, 2.75) is 6.92 Å². The monoisotopic (exact) mass is 204 g/mol. The summed E-state index contributed by atoms with van der Waals surface area (Å²) in [5.41, 5.74) is 8.38. The molecule has 0 saturated heterocycles. The number of benzene rings is 1. The Labute approximate surface area is 85.9 Å². The van der Waals surface area contributed by atoms with Crippen molar-refractivity contribution in [3.8, 4) is 5.75 Å². The lowest BCUT2D eigenvalue weighted by Gasteiger charge is -2.03. The summed E-state index contributed by atoms with van der Waals surface area (Å²) in [5.74, 6) is -0.902. The Morgan fingerprint density at radius 1 is 1.40 bits per heavy atom. The molecule has 0 unspecified atom stereocenters. The van der Waals surface area contributed by atoms with E-state index in [4.69, 9.17) is 10.3 Å². The number of ether oxygens (including phenoxy) is 1. The molecule has 1 rings (SSSR count). The smallest absolute Gasteiger partial charge is 0.328 e. The first kappa shape index (κ1) is 10.8. The minimum atomic E-state index is -0.533.